The lowest BCUT2D eigenvalue weighted by atomic mass is 9.87. The van der Waals surface area contributed by atoms with Crippen LogP contribution in [0.2, 0.25) is 0 Å². The van der Waals surface area contributed by atoms with Gasteiger partial charge in [-0.05, 0) is 55.7 Å². The molecular formula is C27H28N2O4S. The van der Waals surface area contributed by atoms with E-state index in [4.69, 9.17) is 4.74 Å². The first kappa shape index (κ1) is 22.6. The fraction of sp³-hybridized carbons (Fsp3) is 0.296. The number of carbonyl (C=O) groups excluding carboxylic acids is 1. The van der Waals surface area contributed by atoms with Crippen molar-refractivity contribution in [3.63, 3.8) is 0 Å². The van der Waals surface area contributed by atoms with Crippen LogP contribution in [0.25, 0.3) is 0 Å². The number of hydrogen-bond donors (Lipinski definition) is 1. The third-order valence-electron chi connectivity index (χ3n) is 6.71. The van der Waals surface area contributed by atoms with E-state index in [0.717, 1.165) is 36.8 Å². The zero-order valence-electron chi connectivity index (χ0n) is 19.1. The number of fused-ring (bicyclic) bond motifs is 2. The van der Waals surface area contributed by atoms with Crippen molar-refractivity contribution in [1.82, 2.24) is 4.31 Å². The van der Waals surface area contributed by atoms with Crippen molar-refractivity contribution in [3.8, 4) is 11.5 Å². The Morgan fingerprint density at radius 2 is 1.56 bits per heavy atom. The normalized spacial score (nSPS) is 18.4. The van der Waals surface area contributed by atoms with Crippen molar-refractivity contribution in [2.75, 3.05) is 11.9 Å². The second-order valence-electron chi connectivity index (χ2n) is 8.80. The molecule has 1 N–H and O–H groups in total. The van der Waals surface area contributed by atoms with Crippen LogP contribution < -0.4 is 10.1 Å². The number of rotatable bonds is 5. The quantitative estimate of drug-likeness (QED) is 0.526. The topological polar surface area (TPSA) is 75.7 Å². The van der Waals surface area contributed by atoms with Crippen molar-refractivity contribution in [3.05, 3.63) is 83.9 Å². The van der Waals surface area contributed by atoms with Crippen LogP contribution in [0.5, 0.6) is 11.5 Å². The Bertz CT molecular complexity index is 1260. The second-order valence-corrected chi connectivity index (χ2v) is 10.7. The van der Waals surface area contributed by atoms with Crippen LogP contribution in [0, 0.1) is 0 Å². The summed E-state index contributed by atoms with van der Waals surface area (Å²) in [5.74, 6) is 0.605. The number of nitrogens with zero attached hydrogens (tertiary/aromatic N) is 1. The van der Waals surface area contributed by atoms with Gasteiger partial charge in [-0.15, -0.1) is 0 Å². The molecule has 0 radical (unpaired) electrons. The molecular weight excluding hydrogens is 448 g/mol. The summed E-state index contributed by atoms with van der Waals surface area (Å²) in [6.45, 7) is 2.59. The molecule has 1 atom stereocenters. The number of sulfonamides is 1. The molecule has 3 aromatic rings. The summed E-state index contributed by atoms with van der Waals surface area (Å²) in [6.07, 6.45) is 3.66. The van der Waals surface area contributed by atoms with E-state index in [0.29, 0.717) is 23.7 Å². The van der Waals surface area contributed by atoms with Crippen molar-refractivity contribution in [1.29, 1.82) is 0 Å². The van der Waals surface area contributed by atoms with Gasteiger partial charge in [0.2, 0.25) is 15.9 Å². The maximum absolute atomic E-state index is 13.4. The molecule has 2 aliphatic rings. The lowest BCUT2D eigenvalue weighted by molar-refractivity contribution is -0.116. The predicted molar refractivity (Wildman–Crippen MR) is 132 cm³/mol. The Balaban J connectivity index is 1.39. The first-order valence-corrected chi connectivity index (χ1v) is 13.2. The maximum Gasteiger partial charge on any atom is 0.243 e. The number of amides is 1. The lowest BCUT2D eigenvalue weighted by Crippen LogP contribution is -2.43. The van der Waals surface area contributed by atoms with E-state index in [1.54, 1.807) is 28.6 Å². The molecule has 1 fully saturated rings. The van der Waals surface area contributed by atoms with E-state index in [-0.39, 0.29) is 16.8 Å². The van der Waals surface area contributed by atoms with E-state index < -0.39 is 15.9 Å². The summed E-state index contributed by atoms with van der Waals surface area (Å²) in [5, 5.41) is 2.97. The van der Waals surface area contributed by atoms with Gasteiger partial charge in [0.25, 0.3) is 0 Å². The second kappa shape index (κ2) is 9.24. The number of hydrogen-bond acceptors (Lipinski definition) is 4. The summed E-state index contributed by atoms with van der Waals surface area (Å²) in [5.41, 5.74) is 2.15. The molecule has 0 bridgehead atoms. The molecule has 1 unspecified atom stereocenters. The highest BCUT2D eigenvalue weighted by Gasteiger charge is 2.34. The lowest BCUT2D eigenvalue weighted by Gasteiger charge is -2.34. The molecule has 0 saturated carbocycles. The van der Waals surface area contributed by atoms with Crippen LogP contribution in [0.1, 0.15) is 49.7 Å². The molecule has 34 heavy (non-hydrogen) atoms. The first-order valence-electron chi connectivity index (χ1n) is 11.8. The molecule has 1 amide bonds. The number of benzene rings is 3. The molecule has 7 heteroatoms. The van der Waals surface area contributed by atoms with Crippen molar-refractivity contribution in [2.24, 2.45) is 0 Å². The van der Waals surface area contributed by atoms with Gasteiger partial charge in [-0.25, -0.2) is 8.42 Å². The van der Waals surface area contributed by atoms with Gasteiger partial charge in [0.05, 0.1) is 10.8 Å². The largest absolute Gasteiger partial charge is 0.457 e. The van der Waals surface area contributed by atoms with E-state index in [1.165, 1.54) is 0 Å². The Kier molecular flexibility index (Phi) is 6.15. The molecule has 176 valence electrons. The summed E-state index contributed by atoms with van der Waals surface area (Å²) < 4.78 is 34.1. The molecule has 2 heterocycles. The zero-order chi connectivity index (χ0) is 23.7. The standard InChI is InChI=1S/C27H28N2O4S/c1-2-20-9-7-8-18-29(20)34(31,32)21-16-14-19(15-17-21)28-27(30)26-22-10-3-5-12-24(22)33-25-13-6-4-11-23(25)26/h3-6,10-17,20,26H,2,7-9,18H2,1H3,(H,28,30). The number of nitrogens with one attached hydrogen (secondary N) is 1. The molecule has 3 aromatic carbocycles. The van der Waals surface area contributed by atoms with Crippen molar-refractivity contribution < 1.29 is 17.9 Å². The van der Waals surface area contributed by atoms with Crippen LogP contribution in [0.3, 0.4) is 0 Å². The highest BCUT2D eigenvalue weighted by Crippen LogP contribution is 2.44. The minimum Gasteiger partial charge on any atom is -0.457 e. The molecule has 1 saturated heterocycles. The SMILES string of the molecule is CCC1CCCCN1S(=O)(=O)c1ccc(NC(=O)C2c3ccccc3Oc3ccccc32)cc1. The molecule has 5 rings (SSSR count). The molecule has 0 spiro atoms. The molecule has 0 aliphatic carbocycles. The minimum atomic E-state index is -3.56. The van der Waals surface area contributed by atoms with Gasteiger partial charge in [0, 0.05) is 29.4 Å². The number of ether oxygens (including phenoxy) is 1. The average Bonchev–Trinajstić information content (AvgIpc) is 2.87. The maximum atomic E-state index is 13.4. The fourth-order valence-electron chi connectivity index (χ4n) is 4.95. The Morgan fingerprint density at radius 3 is 2.18 bits per heavy atom. The van der Waals surface area contributed by atoms with Crippen LogP contribution in [0.4, 0.5) is 5.69 Å². The zero-order valence-corrected chi connectivity index (χ0v) is 19.9. The van der Waals surface area contributed by atoms with Gasteiger partial charge in [-0.2, -0.15) is 4.31 Å². The van der Waals surface area contributed by atoms with E-state index in [2.05, 4.69) is 5.32 Å². The summed E-state index contributed by atoms with van der Waals surface area (Å²) in [7, 11) is -3.56. The monoisotopic (exact) mass is 476 g/mol. The van der Waals surface area contributed by atoms with Gasteiger partial charge >= 0.3 is 0 Å². The van der Waals surface area contributed by atoms with Gasteiger partial charge in [-0.1, -0.05) is 49.7 Å². The average molecular weight is 477 g/mol. The van der Waals surface area contributed by atoms with Crippen LogP contribution in [-0.4, -0.2) is 31.2 Å². The van der Waals surface area contributed by atoms with Crippen LogP contribution >= 0.6 is 0 Å². The molecule has 0 aromatic heterocycles. The number of anilines is 1. The summed E-state index contributed by atoms with van der Waals surface area (Å²) >= 11 is 0. The van der Waals surface area contributed by atoms with Crippen LogP contribution in [-0.2, 0) is 14.8 Å². The third-order valence-corrected chi connectivity index (χ3v) is 8.68. The Labute approximate surface area is 200 Å². The van der Waals surface area contributed by atoms with Crippen LogP contribution in [0.15, 0.2) is 77.7 Å². The van der Waals surface area contributed by atoms with Gasteiger partial charge in [0.1, 0.15) is 11.5 Å². The Hall–Kier alpha value is -3.16. The van der Waals surface area contributed by atoms with E-state index in [1.807, 2.05) is 55.5 Å². The molecule has 6 nitrogen and oxygen atoms in total. The smallest absolute Gasteiger partial charge is 0.243 e. The van der Waals surface area contributed by atoms with Gasteiger partial charge < -0.3 is 10.1 Å². The number of para-hydroxylation sites is 2. The highest BCUT2D eigenvalue weighted by molar-refractivity contribution is 7.89. The van der Waals surface area contributed by atoms with Crippen molar-refractivity contribution >= 4 is 21.6 Å². The number of piperidine rings is 1. The molecule has 2 aliphatic heterocycles. The minimum absolute atomic E-state index is 0.0480. The Morgan fingerprint density at radius 1 is 0.941 bits per heavy atom. The summed E-state index contributed by atoms with van der Waals surface area (Å²) in [4.78, 5) is 13.7. The predicted octanol–water partition coefficient (Wildman–Crippen LogP) is 5.52. The fourth-order valence-corrected chi connectivity index (χ4v) is 6.72. The van der Waals surface area contributed by atoms with Gasteiger partial charge in [-0.3, -0.25) is 4.79 Å². The highest BCUT2D eigenvalue weighted by atomic mass is 32.2. The number of carbonyl (C=O) groups is 1. The van der Waals surface area contributed by atoms with E-state index >= 15 is 0 Å². The van der Waals surface area contributed by atoms with E-state index in [9.17, 15) is 13.2 Å². The first-order chi connectivity index (χ1) is 16.5. The third kappa shape index (κ3) is 4.10. The van der Waals surface area contributed by atoms with Crippen molar-refractivity contribution in [2.45, 2.75) is 49.5 Å². The summed E-state index contributed by atoms with van der Waals surface area (Å²) in [6, 6.07) is 21.6. The van der Waals surface area contributed by atoms with Gasteiger partial charge in [0.15, 0.2) is 0 Å².